The molecule has 0 saturated carbocycles. The zero-order chi connectivity index (χ0) is 33.9. The van der Waals surface area contributed by atoms with E-state index in [1.54, 1.807) is 0 Å². The summed E-state index contributed by atoms with van der Waals surface area (Å²) in [4.78, 5) is 62.5. The van der Waals surface area contributed by atoms with Crippen LogP contribution in [0.2, 0.25) is 0 Å². The van der Waals surface area contributed by atoms with Gasteiger partial charge in [-0.05, 0) is 95.6 Å². The molecule has 10 nitrogen and oxygen atoms in total. The topological polar surface area (TPSA) is 132 Å². The van der Waals surface area contributed by atoms with E-state index in [4.69, 9.17) is 23.7 Å². The second kappa shape index (κ2) is 14.6. The lowest BCUT2D eigenvalue weighted by atomic mass is 9.75. The molecule has 46 heavy (non-hydrogen) atoms. The van der Waals surface area contributed by atoms with E-state index in [0.29, 0.717) is 32.1 Å². The Morgan fingerprint density at radius 2 is 1.33 bits per heavy atom. The number of rotatable bonds is 5. The van der Waals surface area contributed by atoms with Gasteiger partial charge >= 0.3 is 29.8 Å². The van der Waals surface area contributed by atoms with E-state index < -0.39 is 78.1 Å². The van der Waals surface area contributed by atoms with Gasteiger partial charge in [0.05, 0.1) is 17.8 Å². The van der Waals surface area contributed by atoms with Crippen molar-refractivity contribution in [3.63, 3.8) is 0 Å². The number of carbonyl (C=O) groups excluding carboxylic acids is 5. The molecular weight excluding hydrogens is 592 g/mol. The Balaban J connectivity index is 1.72. The van der Waals surface area contributed by atoms with Crippen molar-refractivity contribution in [2.45, 2.75) is 111 Å². The van der Waals surface area contributed by atoms with E-state index in [0.717, 1.165) is 22.3 Å². The minimum absolute atomic E-state index is 0.115. The van der Waals surface area contributed by atoms with Crippen molar-refractivity contribution in [3.05, 3.63) is 58.7 Å². The zero-order valence-corrected chi connectivity index (χ0v) is 27.8. The molecule has 0 radical (unpaired) electrons. The predicted molar refractivity (Wildman–Crippen MR) is 168 cm³/mol. The van der Waals surface area contributed by atoms with Gasteiger partial charge in [0.15, 0.2) is 0 Å². The smallest absolute Gasteiger partial charge is 0.334 e. The molecule has 10 heteroatoms. The van der Waals surface area contributed by atoms with Gasteiger partial charge in [-0.25, -0.2) is 4.79 Å². The predicted octanol–water partition coefficient (Wildman–Crippen LogP) is 5.42. The first kappa shape index (κ1) is 34.9. The van der Waals surface area contributed by atoms with Crippen molar-refractivity contribution in [1.82, 2.24) is 0 Å². The third-order valence-corrected chi connectivity index (χ3v) is 9.44. The summed E-state index contributed by atoms with van der Waals surface area (Å²) >= 11 is 0. The van der Waals surface area contributed by atoms with Gasteiger partial charge in [0.1, 0.15) is 30.5 Å². The lowest BCUT2D eigenvalue weighted by Crippen LogP contribution is -2.36. The number of allylic oxidation sites excluding steroid dienone is 3. The monoisotopic (exact) mass is 638 g/mol. The molecule has 250 valence electrons. The molecular formula is C36H46O10. The summed E-state index contributed by atoms with van der Waals surface area (Å²) in [5.41, 5.74) is 3.84. The van der Waals surface area contributed by atoms with Gasteiger partial charge in [-0.2, -0.15) is 0 Å². The van der Waals surface area contributed by atoms with Gasteiger partial charge in [-0.3, -0.25) is 19.2 Å². The van der Waals surface area contributed by atoms with Crippen LogP contribution in [-0.4, -0.2) is 60.4 Å². The average molecular weight is 639 g/mol. The van der Waals surface area contributed by atoms with Crippen molar-refractivity contribution in [2.75, 3.05) is 0 Å². The number of ether oxygens (including phenoxy) is 5. The summed E-state index contributed by atoms with van der Waals surface area (Å²) in [6, 6.07) is 0. The number of hydrogen-bond donors (Lipinski definition) is 0. The van der Waals surface area contributed by atoms with Gasteiger partial charge in [-0.1, -0.05) is 23.3 Å². The fourth-order valence-electron chi connectivity index (χ4n) is 7.12. The third kappa shape index (κ3) is 8.25. The van der Waals surface area contributed by atoms with E-state index in [9.17, 15) is 24.0 Å². The van der Waals surface area contributed by atoms with Crippen molar-refractivity contribution in [2.24, 2.45) is 23.7 Å². The summed E-state index contributed by atoms with van der Waals surface area (Å²) in [6.07, 6.45) is 7.01. The molecule has 2 saturated heterocycles. The van der Waals surface area contributed by atoms with Crippen LogP contribution in [0.5, 0.6) is 0 Å². The highest BCUT2D eigenvalue weighted by atomic mass is 16.6. The lowest BCUT2D eigenvalue weighted by molar-refractivity contribution is -0.148. The fraction of sp³-hybridized carbons (Fsp3) is 0.583. The Kier molecular flexibility index (Phi) is 11.1. The maximum absolute atomic E-state index is 13.7. The second-order valence-corrected chi connectivity index (χ2v) is 13.1. The Labute approximate surface area is 270 Å². The molecule has 9 atom stereocenters. The van der Waals surface area contributed by atoms with Crippen molar-refractivity contribution >= 4 is 29.8 Å². The molecule has 0 spiro atoms. The van der Waals surface area contributed by atoms with Crippen molar-refractivity contribution in [3.8, 4) is 0 Å². The summed E-state index contributed by atoms with van der Waals surface area (Å²) in [6.45, 7) is 15.7. The standard InChI is InChI=1S/C36H46O10/c1-18-9-11-26(20(3)15-31-33(22(5)35(40)45-31)29(13-18)43-24(7)38)17-27-34-30(44-25(8)39)14-19(2)10-12-28(42-23(6)37)21(4)16-32(34)46-36(27)41/h13-16,26-34H,5,9-12,17H2,1-4,6-8H3/b18-13+,19-14-,20-15+,21-16-/t26-,27-,28?,29-,30?,31+,32+,33+,34+/m1/s1. The Morgan fingerprint density at radius 1 is 0.761 bits per heavy atom. The van der Waals surface area contributed by atoms with Gasteiger partial charge in [0, 0.05) is 26.3 Å². The molecule has 0 aromatic carbocycles. The minimum atomic E-state index is -0.716. The molecule has 0 aromatic heterocycles. The zero-order valence-electron chi connectivity index (χ0n) is 27.8. The van der Waals surface area contributed by atoms with Gasteiger partial charge in [0.2, 0.25) is 0 Å². The largest absolute Gasteiger partial charge is 0.458 e. The second-order valence-electron chi connectivity index (χ2n) is 13.1. The van der Waals surface area contributed by atoms with Crippen LogP contribution in [0.3, 0.4) is 0 Å². The molecule has 4 aliphatic rings. The highest BCUT2D eigenvalue weighted by Crippen LogP contribution is 2.43. The summed E-state index contributed by atoms with van der Waals surface area (Å²) < 4.78 is 28.8. The summed E-state index contributed by atoms with van der Waals surface area (Å²) in [7, 11) is 0. The van der Waals surface area contributed by atoms with Gasteiger partial charge in [0.25, 0.3) is 0 Å². The molecule has 0 amide bonds. The Morgan fingerprint density at radius 3 is 1.96 bits per heavy atom. The number of fused-ring (bicyclic) bond motifs is 2. The van der Waals surface area contributed by atoms with E-state index in [2.05, 4.69) is 6.58 Å². The van der Waals surface area contributed by atoms with Crippen LogP contribution in [0.15, 0.2) is 58.7 Å². The molecule has 0 N–H and O–H groups in total. The van der Waals surface area contributed by atoms with E-state index >= 15 is 0 Å². The van der Waals surface area contributed by atoms with Crippen molar-refractivity contribution < 1.29 is 47.7 Å². The van der Waals surface area contributed by atoms with Crippen LogP contribution in [0, 0.1) is 23.7 Å². The molecule has 2 unspecified atom stereocenters. The highest BCUT2D eigenvalue weighted by molar-refractivity contribution is 5.91. The van der Waals surface area contributed by atoms with E-state index in [-0.39, 0.29) is 11.5 Å². The first-order valence-corrected chi connectivity index (χ1v) is 16.0. The first-order chi connectivity index (χ1) is 21.6. The van der Waals surface area contributed by atoms with Crippen molar-refractivity contribution in [1.29, 1.82) is 0 Å². The Hall–Kier alpha value is -3.95. The molecule has 4 rings (SSSR count). The van der Waals surface area contributed by atoms with E-state index in [1.165, 1.54) is 20.8 Å². The lowest BCUT2D eigenvalue weighted by Gasteiger charge is -2.31. The van der Waals surface area contributed by atoms with E-state index in [1.807, 2.05) is 52.0 Å². The first-order valence-electron chi connectivity index (χ1n) is 16.0. The van der Waals surface area contributed by atoms with Crippen LogP contribution in [0.4, 0.5) is 0 Å². The molecule has 2 aliphatic heterocycles. The molecule has 0 aromatic rings. The normalized spacial score (nSPS) is 38.0. The Bertz CT molecular complexity index is 1400. The third-order valence-electron chi connectivity index (χ3n) is 9.44. The summed E-state index contributed by atoms with van der Waals surface area (Å²) in [5.74, 6) is -4.11. The molecule has 0 bridgehead atoms. The molecule has 2 aliphatic carbocycles. The SMILES string of the molecule is C=C1C(=O)O[C@H]2/C=C(\C)[C@@H](C[C@H]3C(=O)O[C@H]4/C=C(/C)C(OC(C)=O)CC/C(C)=C\C(OC(C)=O)[C@@H]43)CC/C(C)=C/[C@@H](OC(C)=O)[C@H]12. The van der Waals surface area contributed by atoms with Crippen LogP contribution in [0.25, 0.3) is 0 Å². The number of esters is 5. The minimum Gasteiger partial charge on any atom is -0.458 e. The van der Waals surface area contributed by atoms with Gasteiger partial charge in [-0.15, -0.1) is 0 Å². The van der Waals surface area contributed by atoms with Crippen LogP contribution in [-0.2, 0) is 47.7 Å². The molecule has 2 fully saturated rings. The molecule has 2 heterocycles. The highest BCUT2D eigenvalue weighted by Gasteiger charge is 2.50. The number of carbonyl (C=O) groups is 5. The van der Waals surface area contributed by atoms with Crippen LogP contribution >= 0.6 is 0 Å². The van der Waals surface area contributed by atoms with Crippen LogP contribution in [0.1, 0.15) is 80.6 Å². The number of hydrogen-bond acceptors (Lipinski definition) is 10. The quantitative estimate of drug-likeness (QED) is 0.167. The maximum atomic E-state index is 13.7. The summed E-state index contributed by atoms with van der Waals surface area (Å²) in [5, 5.41) is 0. The van der Waals surface area contributed by atoms with Crippen LogP contribution < -0.4 is 0 Å². The fourth-order valence-corrected chi connectivity index (χ4v) is 7.12. The maximum Gasteiger partial charge on any atom is 0.334 e. The average Bonchev–Trinajstić information content (AvgIpc) is 3.39. The van der Waals surface area contributed by atoms with Gasteiger partial charge < -0.3 is 23.7 Å².